The minimum atomic E-state index is -0.485. The van der Waals surface area contributed by atoms with Crippen LogP contribution in [0.1, 0.15) is 23.2 Å². The summed E-state index contributed by atoms with van der Waals surface area (Å²) in [4.78, 5) is 25.7. The van der Waals surface area contributed by atoms with Gasteiger partial charge in [-0.2, -0.15) is 0 Å². The van der Waals surface area contributed by atoms with Crippen LogP contribution in [-0.4, -0.2) is 18.4 Å². The van der Waals surface area contributed by atoms with Gasteiger partial charge in [0.2, 0.25) is 5.91 Å². The van der Waals surface area contributed by atoms with Crippen molar-refractivity contribution in [1.82, 2.24) is 0 Å². The van der Waals surface area contributed by atoms with Crippen LogP contribution in [0.4, 0.5) is 15.8 Å². The molecule has 0 unspecified atom stereocenters. The molecular weight excluding hydrogens is 283 g/mol. The van der Waals surface area contributed by atoms with E-state index in [1.807, 2.05) is 0 Å². The van der Waals surface area contributed by atoms with Crippen LogP contribution in [0.15, 0.2) is 48.5 Å². The van der Waals surface area contributed by atoms with Crippen LogP contribution in [0, 0.1) is 5.82 Å². The molecule has 1 aliphatic rings. The molecule has 0 saturated carbocycles. The Morgan fingerprint density at radius 2 is 1.95 bits per heavy atom. The molecule has 22 heavy (non-hydrogen) atoms. The quantitative estimate of drug-likeness (QED) is 0.946. The molecule has 2 amide bonds. The lowest BCUT2D eigenvalue weighted by Gasteiger charge is -2.16. The molecule has 0 bridgehead atoms. The molecule has 112 valence electrons. The summed E-state index contributed by atoms with van der Waals surface area (Å²) in [5.41, 5.74) is 1.22. The minimum Gasteiger partial charge on any atom is -0.319 e. The van der Waals surface area contributed by atoms with Gasteiger partial charge in [-0.25, -0.2) is 4.39 Å². The van der Waals surface area contributed by atoms with Crippen molar-refractivity contribution in [3.63, 3.8) is 0 Å². The summed E-state index contributed by atoms with van der Waals surface area (Å²) in [6.07, 6.45) is 1.36. The Kier molecular flexibility index (Phi) is 3.87. The molecule has 5 heteroatoms. The van der Waals surface area contributed by atoms with E-state index >= 15 is 0 Å². The molecule has 0 aromatic heterocycles. The summed E-state index contributed by atoms with van der Waals surface area (Å²) in [6, 6.07) is 12.8. The molecule has 3 rings (SSSR count). The number of nitrogens with zero attached hydrogens (tertiary/aromatic N) is 1. The van der Waals surface area contributed by atoms with Gasteiger partial charge in [0.25, 0.3) is 5.91 Å². The van der Waals surface area contributed by atoms with E-state index in [0.29, 0.717) is 24.2 Å². The van der Waals surface area contributed by atoms with Gasteiger partial charge in [-0.1, -0.05) is 18.2 Å². The minimum absolute atomic E-state index is 0.0617. The van der Waals surface area contributed by atoms with Crippen molar-refractivity contribution in [3.05, 3.63) is 59.9 Å². The van der Waals surface area contributed by atoms with Crippen LogP contribution < -0.4 is 10.2 Å². The van der Waals surface area contributed by atoms with E-state index in [-0.39, 0.29) is 11.6 Å². The number of halogens is 1. The largest absolute Gasteiger partial charge is 0.319 e. The molecule has 2 aromatic carbocycles. The second-order valence-corrected chi connectivity index (χ2v) is 5.13. The average molecular weight is 298 g/mol. The highest BCUT2D eigenvalue weighted by molar-refractivity contribution is 6.05. The molecule has 0 radical (unpaired) electrons. The van der Waals surface area contributed by atoms with Gasteiger partial charge < -0.3 is 10.2 Å². The maximum absolute atomic E-state index is 13.6. The fourth-order valence-electron chi connectivity index (χ4n) is 2.49. The van der Waals surface area contributed by atoms with Crippen molar-refractivity contribution in [1.29, 1.82) is 0 Å². The average Bonchev–Trinajstić information content (AvgIpc) is 2.96. The number of nitrogens with one attached hydrogen (secondary N) is 1. The van der Waals surface area contributed by atoms with Crippen molar-refractivity contribution >= 4 is 23.2 Å². The van der Waals surface area contributed by atoms with Gasteiger partial charge in [0.15, 0.2) is 0 Å². The lowest BCUT2D eigenvalue weighted by Crippen LogP contribution is -2.24. The van der Waals surface area contributed by atoms with E-state index in [1.165, 1.54) is 12.1 Å². The summed E-state index contributed by atoms with van der Waals surface area (Å²) in [5.74, 6) is -0.827. The Morgan fingerprint density at radius 3 is 2.68 bits per heavy atom. The topological polar surface area (TPSA) is 49.4 Å². The first-order chi connectivity index (χ1) is 10.6. The van der Waals surface area contributed by atoms with Crippen LogP contribution >= 0.6 is 0 Å². The van der Waals surface area contributed by atoms with Crippen LogP contribution in [0.2, 0.25) is 0 Å². The number of anilines is 2. The van der Waals surface area contributed by atoms with Crippen LogP contribution in [-0.2, 0) is 4.79 Å². The first-order valence-corrected chi connectivity index (χ1v) is 7.11. The van der Waals surface area contributed by atoms with Gasteiger partial charge in [0.1, 0.15) is 5.82 Å². The van der Waals surface area contributed by atoms with Crippen LogP contribution in [0.25, 0.3) is 0 Å². The third-order valence-corrected chi connectivity index (χ3v) is 3.62. The lowest BCUT2D eigenvalue weighted by molar-refractivity contribution is -0.117. The third kappa shape index (κ3) is 2.83. The second kappa shape index (κ2) is 5.97. The highest BCUT2D eigenvalue weighted by Gasteiger charge is 2.22. The van der Waals surface area contributed by atoms with Gasteiger partial charge in [-0.15, -0.1) is 0 Å². The summed E-state index contributed by atoms with van der Waals surface area (Å²) < 4.78 is 13.6. The third-order valence-electron chi connectivity index (χ3n) is 3.62. The molecule has 0 spiro atoms. The van der Waals surface area contributed by atoms with Crippen LogP contribution in [0.3, 0.4) is 0 Å². The zero-order valence-electron chi connectivity index (χ0n) is 11.9. The molecule has 1 fully saturated rings. The molecule has 1 N–H and O–H groups in total. The lowest BCUT2D eigenvalue weighted by atomic mass is 10.1. The van der Waals surface area contributed by atoms with E-state index in [1.54, 1.807) is 41.3 Å². The molecule has 1 saturated heterocycles. The summed E-state index contributed by atoms with van der Waals surface area (Å²) in [6.45, 7) is 0.664. The molecule has 1 aliphatic heterocycles. The van der Waals surface area contributed by atoms with E-state index in [4.69, 9.17) is 0 Å². The molecule has 1 heterocycles. The van der Waals surface area contributed by atoms with E-state index in [9.17, 15) is 14.0 Å². The Balaban J connectivity index is 1.81. The first kappa shape index (κ1) is 14.3. The summed E-state index contributed by atoms with van der Waals surface area (Å²) in [7, 11) is 0. The number of hydrogen-bond donors (Lipinski definition) is 1. The molecule has 2 aromatic rings. The molecular formula is C17H15FN2O2. The number of amides is 2. The van der Waals surface area contributed by atoms with E-state index < -0.39 is 11.7 Å². The normalized spacial score (nSPS) is 14.2. The number of hydrogen-bond acceptors (Lipinski definition) is 2. The zero-order chi connectivity index (χ0) is 15.5. The van der Waals surface area contributed by atoms with Gasteiger partial charge in [-0.3, -0.25) is 9.59 Å². The van der Waals surface area contributed by atoms with Crippen molar-refractivity contribution in [2.75, 3.05) is 16.8 Å². The van der Waals surface area contributed by atoms with Crippen molar-refractivity contribution in [2.45, 2.75) is 12.8 Å². The van der Waals surface area contributed by atoms with Gasteiger partial charge in [-0.05, 0) is 36.8 Å². The predicted octanol–water partition coefficient (Wildman–Crippen LogP) is 3.20. The first-order valence-electron chi connectivity index (χ1n) is 7.11. The highest BCUT2D eigenvalue weighted by atomic mass is 19.1. The fourth-order valence-corrected chi connectivity index (χ4v) is 2.49. The maximum Gasteiger partial charge on any atom is 0.255 e. The number of carbonyl (C=O) groups is 2. The number of carbonyl (C=O) groups excluding carboxylic acids is 2. The maximum atomic E-state index is 13.6. The van der Waals surface area contributed by atoms with Gasteiger partial charge in [0, 0.05) is 24.2 Å². The summed E-state index contributed by atoms with van der Waals surface area (Å²) >= 11 is 0. The Hall–Kier alpha value is -2.69. The summed E-state index contributed by atoms with van der Waals surface area (Å²) in [5, 5.41) is 2.54. The second-order valence-electron chi connectivity index (χ2n) is 5.13. The number of benzene rings is 2. The molecule has 0 aliphatic carbocycles. The van der Waals surface area contributed by atoms with E-state index in [2.05, 4.69) is 5.32 Å². The van der Waals surface area contributed by atoms with Crippen molar-refractivity contribution in [3.8, 4) is 0 Å². The molecule has 0 atom stereocenters. The van der Waals surface area contributed by atoms with Crippen molar-refractivity contribution in [2.24, 2.45) is 0 Å². The predicted molar refractivity (Wildman–Crippen MR) is 82.4 cm³/mol. The van der Waals surface area contributed by atoms with E-state index in [0.717, 1.165) is 6.42 Å². The standard InChI is InChI=1S/C17H15FN2O2/c18-14-7-1-2-8-15(14)19-17(22)12-5-3-6-13(11-12)20-10-4-9-16(20)21/h1-3,5-8,11H,4,9-10H2,(H,19,22). The Labute approximate surface area is 127 Å². The Bertz CT molecular complexity index is 730. The monoisotopic (exact) mass is 298 g/mol. The van der Waals surface area contributed by atoms with Gasteiger partial charge in [0.05, 0.1) is 5.69 Å². The number of para-hydroxylation sites is 1. The SMILES string of the molecule is O=C(Nc1ccccc1F)c1cccc(N2CCCC2=O)c1. The fraction of sp³-hybridized carbons (Fsp3) is 0.176. The smallest absolute Gasteiger partial charge is 0.255 e. The number of rotatable bonds is 3. The highest BCUT2D eigenvalue weighted by Crippen LogP contribution is 2.23. The van der Waals surface area contributed by atoms with Gasteiger partial charge >= 0.3 is 0 Å². The van der Waals surface area contributed by atoms with Crippen LogP contribution in [0.5, 0.6) is 0 Å². The zero-order valence-corrected chi connectivity index (χ0v) is 11.9. The Morgan fingerprint density at radius 1 is 1.14 bits per heavy atom. The van der Waals surface area contributed by atoms with Crippen molar-refractivity contribution < 1.29 is 14.0 Å². The molecule has 4 nitrogen and oxygen atoms in total.